The fourth-order valence-electron chi connectivity index (χ4n) is 1.95. The summed E-state index contributed by atoms with van der Waals surface area (Å²) in [5, 5.41) is 13.3. The molecular weight excluding hydrogens is 266 g/mol. The van der Waals surface area contributed by atoms with E-state index in [1.807, 2.05) is 0 Å². The molecule has 0 aromatic heterocycles. The molecule has 8 heteroatoms. The molecule has 3 N–H and O–H groups in total. The van der Waals surface area contributed by atoms with Crippen molar-refractivity contribution in [3.8, 4) is 0 Å². The predicted octanol–water partition coefficient (Wildman–Crippen LogP) is -0.0326. The predicted molar refractivity (Wildman–Crippen MR) is 67.9 cm³/mol. The van der Waals surface area contributed by atoms with Crippen LogP contribution in [-0.2, 0) is 9.53 Å². The zero-order chi connectivity index (χ0) is 14.7. The molecule has 106 valence electrons. The lowest BCUT2D eigenvalue weighted by atomic mass is 10.2. The number of nitro benzene ring substituents is 1. The Morgan fingerprint density at radius 1 is 1.35 bits per heavy atom. The number of ether oxygens (including phenoxy) is 1. The number of amides is 1. The number of non-ortho nitro benzene ring substituents is 1. The number of nitrogens with two attached hydrogens (primary N) is 1. The fraction of sp³-hybridized carbons (Fsp3) is 0.333. The van der Waals surface area contributed by atoms with Gasteiger partial charge in [0.1, 0.15) is 6.10 Å². The highest BCUT2D eigenvalue weighted by atomic mass is 16.6. The minimum absolute atomic E-state index is 0.0992. The van der Waals surface area contributed by atoms with Crippen LogP contribution in [0.3, 0.4) is 0 Å². The Bertz CT molecular complexity index is 543. The van der Waals surface area contributed by atoms with Gasteiger partial charge in [0, 0.05) is 25.1 Å². The minimum Gasteiger partial charge on any atom is -0.457 e. The van der Waals surface area contributed by atoms with E-state index in [2.05, 4.69) is 5.32 Å². The molecule has 20 heavy (non-hydrogen) atoms. The van der Waals surface area contributed by atoms with Gasteiger partial charge in [-0.05, 0) is 12.1 Å². The third-order valence-electron chi connectivity index (χ3n) is 3.02. The maximum Gasteiger partial charge on any atom is 0.338 e. The van der Waals surface area contributed by atoms with Crippen LogP contribution in [0, 0.1) is 10.1 Å². The Hall–Kier alpha value is -2.48. The summed E-state index contributed by atoms with van der Waals surface area (Å²) in [4.78, 5) is 32.7. The van der Waals surface area contributed by atoms with Crippen LogP contribution in [0.5, 0.6) is 0 Å². The van der Waals surface area contributed by atoms with Crippen LogP contribution >= 0.6 is 0 Å². The van der Waals surface area contributed by atoms with Crippen LogP contribution in [0.2, 0.25) is 0 Å². The molecule has 1 aromatic carbocycles. The number of carbonyl (C=O) groups excluding carboxylic acids is 2. The largest absolute Gasteiger partial charge is 0.457 e. The summed E-state index contributed by atoms with van der Waals surface area (Å²) >= 11 is 0. The number of hydrogen-bond acceptors (Lipinski definition) is 6. The van der Waals surface area contributed by atoms with Gasteiger partial charge in [0.05, 0.1) is 16.5 Å². The van der Waals surface area contributed by atoms with E-state index in [0.717, 1.165) is 0 Å². The Morgan fingerprint density at radius 3 is 2.50 bits per heavy atom. The van der Waals surface area contributed by atoms with Crippen LogP contribution < -0.4 is 11.1 Å². The van der Waals surface area contributed by atoms with Crippen molar-refractivity contribution in [3.63, 3.8) is 0 Å². The smallest absolute Gasteiger partial charge is 0.338 e. The van der Waals surface area contributed by atoms with E-state index in [0.29, 0.717) is 13.0 Å². The van der Waals surface area contributed by atoms with Crippen LogP contribution in [0.25, 0.3) is 0 Å². The van der Waals surface area contributed by atoms with Gasteiger partial charge in [0.15, 0.2) is 0 Å². The molecule has 0 spiro atoms. The third-order valence-corrected chi connectivity index (χ3v) is 3.02. The number of nitro groups is 1. The molecule has 2 unspecified atom stereocenters. The van der Waals surface area contributed by atoms with Crippen molar-refractivity contribution >= 4 is 17.6 Å². The molecule has 1 aliphatic heterocycles. The first-order valence-electron chi connectivity index (χ1n) is 5.95. The lowest BCUT2D eigenvalue weighted by Crippen LogP contribution is -2.36. The van der Waals surface area contributed by atoms with Crippen molar-refractivity contribution in [2.45, 2.75) is 18.6 Å². The van der Waals surface area contributed by atoms with Crippen LogP contribution in [0.4, 0.5) is 5.69 Å². The van der Waals surface area contributed by atoms with E-state index in [-0.39, 0.29) is 11.3 Å². The SMILES string of the molecule is NC(=O)C1CC(OC(=O)c2ccc([N+](=O)[O-])cc2)CN1. The number of nitrogens with one attached hydrogen (secondary N) is 1. The van der Waals surface area contributed by atoms with Crippen molar-refractivity contribution in [1.29, 1.82) is 0 Å². The Labute approximate surface area is 114 Å². The second kappa shape index (κ2) is 5.66. The minimum atomic E-state index is -0.586. The maximum atomic E-state index is 11.8. The third kappa shape index (κ3) is 3.09. The number of hydrogen-bond donors (Lipinski definition) is 2. The van der Waals surface area contributed by atoms with Gasteiger partial charge in [0.25, 0.3) is 5.69 Å². The molecule has 1 aliphatic rings. The second-order valence-corrected chi connectivity index (χ2v) is 4.43. The molecule has 8 nitrogen and oxygen atoms in total. The normalized spacial score (nSPS) is 21.4. The van der Waals surface area contributed by atoms with Crippen molar-refractivity contribution in [2.24, 2.45) is 5.73 Å². The van der Waals surface area contributed by atoms with E-state index in [9.17, 15) is 19.7 Å². The molecule has 2 rings (SSSR count). The first-order chi connectivity index (χ1) is 9.47. The average Bonchev–Trinajstić information content (AvgIpc) is 2.87. The molecule has 1 amide bonds. The molecule has 1 fully saturated rings. The second-order valence-electron chi connectivity index (χ2n) is 4.43. The van der Waals surface area contributed by atoms with Crippen LogP contribution in [0.1, 0.15) is 16.8 Å². The van der Waals surface area contributed by atoms with Crippen molar-refractivity contribution in [1.82, 2.24) is 5.32 Å². The Morgan fingerprint density at radius 2 is 2.00 bits per heavy atom. The number of carbonyl (C=O) groups is 2. The van der Waals surface area contributed by atoms with Gasteiger partial charge in [-0.2, -0.15) is 0 Å². The lowest BCUT2D eigenvalue weighted by Gasteiger charge is -2.10. The van der Waals surface area contributed by atoms with Crippen molar-refractivity contribution < 1.29 is 19.2 Å². The first-order valence-corrected chi connectivity index (χ1v) is 5.95. The van der Waals surface area contributed by atoms with Gasteiger partial charge >= 0.3 is 5.97 Å². The van der Waals surface area contributed by atoms with Gasteiger partial charge in [-0.3, -0.25) is 14.9 Å². The summed E-state index contributed by atoms with van der Waals surface area (Å²) < 4.78 is 5.20. The lowest BCUT2D eigenvalue weighted by molar-refractivity contribution is -0.384. The van der Waals surface area contributed by atoms with Gasteiger partial charge in [0.2, 0.25) is 5.91 Å². The van der Waals surface area contributed by atoms with Gasteiger partial charge in [-0.25, -0.2) is 4.79 Å². The van der Waals surface area contributed by atoms with Crippen molar-refractivity contribution in [2.75, 3.05) is 6.54 Å². The molecule has 0 bridgehead atoms. The summed E-state index contributed by atoms with van der Waals surface area (Å²) in [7, 11) is 0. The van der Waals surface area contributed by atoms with Crippen molar-refractivity contribution in [3.05, 3.63) is 39.9 Å². The molecule has 1 heterocycles. The fourth-order valence-corrected chi connectivity index (χ4v) is 1.95. The molecule has 2 atom stereocenters. The molecule has 0 aliphatic carbocycles. The molecule has 1 aromatic rings. The Kier molecular flexibility index (Phi) is 3.94. The Balaban J connectivity index is 1.95. The van der Waals surface area contributed by atoms with E-state index >= 15 is 0 Å². The summed E-state index contributed by atoms with van der Waals surface area (Å²) in [6.07, 6.45) is -0.108. The van der Waals surface area contributed by atoms with Gasteiger partial charge < -0.3 is 15.8 Å². The topological polar surface area (TPSA) is 125 Å². The molecular formula is C12H13N3O5. The molecule has 0 saturated carbocycles. The number of rotatable bonds is 4. The van der Waals surface area contributed by atoms with E-state index in [1.54, 1.807) is 0 Å². The first kappa shape index (κ1) is 13.9. The monoisotopic (exact) mass is 279 g/mol. The van der Waals surface area contributed by atoms with Crippen LogP contribution in [-0.4, -0.2) is 35.5 Å². The molecule has 1 saturated heterocycles. The van der Waals surface area contributed by atoms with E-state index in [4.69, 9.17) is 10.5 Å². The standard InChI is InChI=1S/C12H13N3O5/c13-11(16)10-5-9(6-14-10)20-12(17)7-1-3-8(4-2-7)15(18)19/h1-4,9-10,14H,5-6H2,(H2,13,16). The quantitative estimate of drug-likeness (QED) is 0.453. The zero-order valence-electron chi connectivity index (χ0n) is 10.4. The zero-order valence-corrected chi connectivity index (χ0v) is 10.4. The van der Waals surface area contributed by atoms with E-state index in [1.165, 1.54) is 24.3 Å². The number of nitrogens with zero attached hydrogens (tertiary/aromatic N) is 1. The maximum absolute atomic E-state index is 11.8. The van der Waals surface area contributed by atoms with Crippen LogP contribution in [0.15, 0.2) is 24.3 Å². The number of benzene rings is 1. The summed E-state index contributed by atoms with van der Waals surface area (Å²) in [5.74, 6) is -1.07. The highest BCUT2D eigenvalue weighted by Gasteiger charge is 2.30. The molecule has 0 radical (unpaired) electrons. The summed E-state index contributed by atoms with van der Waals surface area (Å²) in [5.41, 5.74) is 5.26. The summed E-state index contributed by atoms with van der Waals surface area (Å²) in [6, 6.07) is 4.62. The van der Waals surface area contributed by atoms with E-state index < -0.39 is 28.9 Å². The summed E-state index contributed by atoms with van der Waals surface area (Å²) in [6.45, 7) is 0.354. The highest BCUT2D eigenvalue weighted by Crippen LogP contribution is 2.16. The number of esters is 1. The highest BCUT2D eigenvalue weighted by molar-refractivity contribution is 5.90. The number of primary amides is 1. The average molecular weight is 279 g/mol. The van der Waals surface area contributed by atoms with Gasteiger partial charge in [-0.15, -0.1) is 0 Å². The van der Waals surface area contributed by atoms with Gasteiger partial charge in [-0.1, -0.05) is 0 Å².